The maximum absolute atomic E-state index is 14.0. The minimum Gasteiger partial charge on any atom is -0.369 e. The second-order valence-electron chi connectivity index (χ2n) is 5.34. The molecule has 20 heavy (non-hydrogen) atoms. The number of hydrogen-bond acceptors (Lipinski definition) is 4. The highest BCUT2D eigenvalue weighted by Gasteiger charge is 2.24. The minimum absolute atomic E-state index is 0.145. The number of nitrogens with zero attached hydrogens (tertiary/aromatic N) is 1. The van der Waals surface area contributed by atoms with Crippen LogP contribution in [0.15, 0.2) is 23.1 Å². The van der Waals surface area contributed by atoms with E-state index in [1.54, 1.807) is 0 Å². The zero-order valence-electron chi connectivity index (χ0n) is 11.4. The molecule has 0 saturated carbocycles. The van der Waals surface area contributed by atoms with Crippen LogP contribution >= 0.6 is 0 Å². The number of sulfonamides is 1. The van der Waals surface area contributed by atoms with Gasteiger partial charge in [-0.1, -0.05) is 0 Å². The van der Waals surface area contributed by atoms with Crippen molar-refractivity contribution in [2.75, 3.05) is 18.0 Å². The van der Waals surface area contributed by atoms with Crippen LogP contribution in [0.2, 0.25) is 0 Å². The lowest BCUT2D eigenvalue weighted by Gasteiger charge is -2.35. The molecule has 1 saturated heterocycles. The number of rotatable bonds is 3. The fraction of sp³-hybridized carbons (Fsp3) is 0.538. The molecule has 0 bridgehead atoms. The highest BCUT2D eigenvalue weighted by molar-refractivity contribution is 7.89. The minimum atomic E-state index is -3.87. The Hall–Kier alpha value is -1.18. The molecule has 0 aromatic heterocycles. The van der Waals surface area contributed by atoms with E-state index in [9.17, 15) is 12.8 Å². The summed E-state index contributed by atoms with van der Waals surface area (Å²) in [5, 5.41) is 4.98. The Kier molecular flexibility index (Phi) is 4.31. The molecule has 0 amide bonds. The van der Waals surface area contributed by atoms with Crippen LogP contribution in [0.5, 0.6) is 0 Å². The molecule has 4 N–H and O–H groups in total. The molecule has 2 rings (SSSR count). The van der Waals surface area contributed by atoms with Gasteiger partial charge in [0.15, 0.2) is 0 Å². The van der Waals surface area contributed by atoms with E-state index in [0.29, 0.717) is 11.6 Å². The summed E-state index contributed by atoms with van der Waals surface area (Å²) in [7, 11) is -3.87. The Morgan fingerprint density at radius 2 is 1.95 bits per heavy atom. The molecule has 1 atom stereocenters. The molecular formula is C13H20FN3O2S. The van der Waals surface area contributed by atoms with E-state index in [-0.39, 0.29) is 10.9 Å². The van der Waals surface area contributed by atoms with Gasteiger partial charge in [0.25, 0.3) is 0 Å². The van der Waals surface area contributed by atoms with Gasteiger partial charge in [-0.15, -0.1) is 0 Å². The molecule has 1 aliphatic rings. The van der Waals surface area contributed by atoms with Gasteiger partial charge in [0.2, 0.25) is 10.0 Å². The summed E-state index contributed by atoms with van der Waals surface area (Å²) in [5.41, 5.74) is 6.29. The summed E-state index contributed by atoms with van der Waals surface area (Å²) in [6.45, 7) is 3.43. The lowest BCUT2D eigenvalue weighted by molar-refractivity contribution is 0.353. The third-order valence-electron chi connectivity index (χ3n) is 3.87. The van der Waals surface area contributed by atoms with Gasteiger partial charge in [0.05, 0.1) is 10.6 Å². The first-order valence-corrected chi connectivity index (χ1v) is 8.16. The van der Waals surface area contributed by atoms with Crippen LogP contribution in [-0.2, 0) is 10.0 Å². The van der Waals surface area contributed by atoms with Crippen LogP contribution in [0.1, 0.15) is 19.8 Å². The van der Waals surface area contributed by atoms with Crippen LogP contribution in [0, 0.1) is 11.7 Å². The molecule has 1 fully saturated rings. The first-order chi connectivity index (χ1) is 9.29. The third kappa shape index (κ3) is 3.28. The molecule has 1 unspecified atom stereocenters. The number of halogens is 1. The number of piperidine rings is 1. The highest BCUT2D eigenvalue weighted by Crippen LogP contribution is 2.27. The number of hydrogen-bond donors (Lipinski definition) is 2. The molecule has 0 aliphatic carbocycles. The molecule has 7 heteroatoms. The standard InChI is InChI=1S/C13H20FN3O2S/c1-9(15)10-4-6-17(7-5-10)13-3-2-11(8-12(13)14)20(16,18)19/h2-3,8-10H,4-7,15H2,1H3,(H2,16,18,19). The maximum Gasteiger partial charge on any atom is 0.238 e. The lowest BCUT2D eigenvalue weighted by Crippen LogP contribution is -2.40. The summed E-state index contributed by atoms with van der Waals surface area (Å²) in [5.74, 6) is -0.103. The predicted octanol–water partition coefficient (Wildman–Crippen LogP) is 1.04. The van der Waals surface area contributed by atoms with Crippen LogP contribution < -0.4 is 15.8 Å². The Bertz CT molecular complexity index is 581. The maximum atomic E-state index is 14.0. The number of nitrogens with two attached hydrogens (primary N) is 2. The average Bonchev–Trinajstić information content (AvgIpc) is 2.37. The predicted molar refractivity (Wildman–Crippen MR) is 76.4 cm³/mol. The van der Waals surface area contributed by atoms with Crippen molar-refractivity contribution in [2.24, 2.45) is 16.8 Å². The van der Waals surface area contributed by atoms with Crippen LogP contribution in [0.4, 0.5) is 10.1 Å². The Balaban J connectivity index is 2.15. The van der Waals surface area contributed by atoms with Crippen LogP contribution in [0.3, 0.4) is 0 Å². The molecule has 1 aromatic carbocycles. The topological polar surface area (TPSA) is 89.4 Å². The Morgan fingerprint density at radius 3 is 2.40 bits per heavy atom. The van der Waals surface area contributed by atoms with E-state index in [1.807, 2.05) is 11.8 Å². The average molecular weight is 301 g/mol. The molecule has 1 aromatic rings. The summed E-state index contributed by atoms with van der Waals surface area (Å²) in [4.78, 5) is 1.71. The van der Waals surface area contributed by atoms with Gasteiger partial charge in [0.1, 0.15) is 5.82 Å². The smallest absolute Gasteiger partial charge is 0.238 e. The zero-order chi connectivity index (χ0) is 14.9. The number of primary sulfonamides is 1. The SMILES string of the molecule is CC(N)C1CCN(c2ccc(S(N)(=O)=O)cc2F)CC1. The molecule has 0 radical (unpaired) electrons. The molecular weight excluding hydrogens is 281 g/mol. The first-order valence-electron chi connectivity index (χ1n) is 6.62. The Morgan fingerprint density at radius 1 is 1.35 bits per heavy atom. The fourth-order valence-corrected chi connectivity index (χ4v) is 3.11. The second-order valence-corrected chi connectivity index (χ2v) is 6.90. The monoisotopic (exact) mass is 301 g/mol. The van der Waals surface area contributed by atoms with Crippen LogP contribution in [0.25, 0.3) is 0 Å². The fourth-order valence-electron chi connectivity index (χ4n) is 2.59. The van der Waals surface area contributed by atoms with Gasteiger partial charge >= 0.3 is 0 Å². The van der Waals surface area contributed by atoms with Gasteiger partial charge in [-0.25, -0.2) is 17.9 Å². The van der Waals surface area contributed by atoms with Crippen molar-refractivity contribution < 1.29 is 12.8 Å². The van der Waals surface area contributed by atoms with E-state index in [0.717, 1.165) is 32.0 Å². The van der Waals surface area contributed by atoms with Gasteiger partial charge in [-0.3, -0.25) is 0 Å². The van der Waals surface area contributed by atoms with Crippen molar-refractivity contribution in [3.63, 3.8) is 0 Å². The molecule has 5 nitrogen and oxygen atoms in total. The second kappa shape index (κ2) is 5.67. The number of benzene rings is 1. The van der Waals surface area contributed by atoms with Gasteiger partial charge in [-0.2, -0.15) is 0 Å². The van der Waals surface area contributed by atoms with E-state index >= 15 is 0 Å². The number of anilines is 1. The summed E-state index contributed by atoms with van der Waals surface area (Å²) < 4.78 is 36.4. The summed E-state index contributed by atoms with van der Waals surface area (Å²) >= 11 is 0. The van der Waals surface area contributed by atoms with Crippen molar-refractivity contribution >= 4 is 15.7 Å². The van der Waals surface area contributed by atoms with Crippen molar-refractivity contribution in [2.45, 2.75) is 30.7 Å². The normalized spacial score (nSPS) is 19.1. The molecule has 1 heterocycles. The first kappa shape index (κ1) is 15.2. The quantitative estimate of drug-likeness (QED) is 0.873. The van der Waals surface area contributed by atoms with Crippen LogP contribution in [-0.4, -0.2) is 27.5 Å². The van der Waals surface area contributed by atoms with Crippen molar-refractivity contribution in [1.82, 2.24) is 0 Å². The lowest BCUT2D eigenvalue weighted by atomic mass is 9.91. The summed E-state index contributed by atoms with van der Waals surface area (Å²) in [6, 6.07) is 3.93. The summed E-state index contributed by atoms with van der Waals surface area (Å²) in [6.07, 6.45) is 1.82. The van der Waals surface area contributed by atoms with Gasteiger partial charge < -0.3 is 10.6 Å². The molecule has 0 spiro atoms. The van der Waals surface area contributed by atoms with Crippen molar-refractivity contribution in [3.8, 4) is 0 Å². The highest BCUT2D eigenvalue weighted by atomic mass is 32.2. The Labute approximate surface area is 118 Å². The van der Waals surface area contributed by atoms with E-state index in [1.165, 1.54) is 12.1 Å². The van der Waals surface area contributed by atoms with E-state index in [2.05, 4.69) is 0 Å². The van der Waals surface area contributed by atoms with Gasteiger partial charge in [0, 0.05) is 19.1 Å². The van der Waals surface area contributed by atoms with Gasteiger partial charge in [-0.05, 0) is 43.9 Å². The van der Waals surface area contributed by atoms with E-state index in [4.69, 9.17) is 10.9 Å². The molecule has 112 valence electrons. The zero-order valence-corrected chi connectivity index (χ0v) is 12.2. The van der Waals surface area contributed by atoms with Crippen molar-refractivity contribution in [3.05, 3.63) is 24.0 Å². The van der Waals surface area contributed by atoms with Crippen molar-refractivity contribution in [1.29, 1.82) is 0 Å². The van der Waals surface area contributed by atoms with E-state index < -0.39 is 15.8 Å². The molecule has 1 aliphatic heterocycles. The largest absolute Gasteiger partial charge is 0.369 e. The third-order valence-corrected chi connectivity index (χ3v) is 4.78.